The van der Waals surface area contributed by atoms with Crippen molar-refractivity contribution < 1.29 is 13.7 Å². The summed E-state index contributed by atoms with van der Waals surface area (Å²) in [7, 11) is 0. The average molecular weight is 332 g/mol. The summed E-state index contributed by atoms with van der Waals surface area (Å²) < 4.78 is 10.7. The van der Waals surface area contributed by atoms with Gasteiger partial charge >= 0.3 is 0 Å². The number of aromatic nitrogens is 2. The van der Waals surface area contributed by atoms with Crippen LogP contribution in [0.5, 0.6) is 0 Å². The Morgan fingerprint density at radius 2 is 2.00 bits per heavy atom. The van der Waals surface area contributed by atoms with Crippen LogP contribution in [0, 0.1) is 12.8 Å². The standard InChI is InChI=1S/C17H24N4O3/c1-12(2)10-15-18-16(24-19-15)11-20-6-8-21(9-7-20)17(22)14-5-4-13(3)23-14/h4-5,12H,6-11H2,1-3H3. The van der Waals surface area contributed by atoms with E-state index in [1.165, 1.54) is 0 Å². The van der Waals surface area contributed by atoms with Crippen molar-refractivity contribution in [3.63, 3.8) is 0 Å². The molecule has 7 nitrogen and oxygen atoms in total. The summed E-state index contributed by atoms with van der Waals surface area (Å²) in [5.74, 6) is 3.05. The molecule has 0 bridgehead atoms. The third-order valence-corrected chi connectivity index (χ3v) is 4.07. The first-order valence-electron chi connectivity index (χ1n) is 8.41. The van der Waals surface area contributed by atoms with Gasteiger partial charge in [0.15, 0.2) is 11.6 Å². The zero-order valence-corrected chi connectivity index (χ0v) is 14.5. The minimum Gasteiger partial charge on any atom is -0.456 e. The molecule has 3 heterocycles. The Balaban J connectivity index is 1.50. The van der Waals surface area contributed by atoms with Crippen LogP contribution >= 0.6 is 0 Å². The quantitative estimate of drug-likeness (QED) is 0.835. The molecule has 24 heavy (non-hydrogen) atoms. The van der Waals surface area contributed by atoms with Crippen molar-refractivity contribution in [1.82, 2.24) is 19.9 Å². The fourth-order valence-electron chi connectivity index (χ4n) is 2.81. The molecule has 2 aromatic heterocycles. The van der Waals surface area contributed by atoms with Crippen molar-refractivity contribution in [3.8, 4) is 0 Å². The van der Waals surface area contributed by atoms with Gasteiger partial charge in [0.25, 0.3) is 5.91 Å². The van der Waals surface area contributed by atoms with E-state index in [1.807, 2.05) is 17.9 Å². The van der Waals surface area contributed by atoms with Gasteiger partial charge in [0.05, 0.1) is 6.54 Å². The minimum atomic E-state index is -0.0419. The molecule has 0 radical (unpaired) electrons. The van der Waals surface area contributed by atoms with Crippen molar-refractivity contribution in [3.05, 3.63) is 35.4 Å². The molecule has 0 spiro atoms. The first-order valence-corrected chi connectivity index (χ1v) is 8.41. The zero-order chi connectivity index (χ0) is 17.1. The Hall–Kier alpha value is -2.15. The lowest BCUT2D eigenvalue weighted by molar-refractivity contribution is 0.0583. The Bertz CT molecular complexity index is 684. The van der Waals surface area contributed by atoms with Gasteiger partial charge in [-0.2, -0.15) is 4.98 Å². The van der Waals surface area contributed by atoms with E-state index in [4.69, 9.17) is 8.94 Å². The van der Waals surface area contributed by atoms with E-state index in [0.717, 1.165) is 31.1 Å². The molecule has 1 aliphatic heterocycles. The molecular weight excluding hydrogens is 308 g/mol. The maximum atomic E-state index is 12.4. The molecule has 7 heteroatoms. The van der Waals surface area contributed by atoms with E-state index >= 15 is 0 Å². The maximum absolute atomic E-state index is 12.4. The van der Waals surface area contributed by atoms with Gasteiger partial charge in [-0.1, -0.05) is 19.0 Å². The maximum Gasteiger partial charge on any atom is 0.289 e. The topological polar surface area (TPSA) is 75.6 Å². The Kier molecular flexibility index (Phi) is 4.99. The number of nitrogens with zero attached hydrogens (tertiary/aromatic N) is 4. The van der Waals surface area contributed by atoms with Gasteiger partial charge in [0, 0.05) is 32.6 Å². The number of piperazine rings is 1. The van der Waals surface area contributed by atoms with Crippen molar-refractivity contribution in [2.45, 2.75) is 33.7 Å². The lowest BCUT2D eigenvalue weighted by atomic mass is 10.1. The Morgan fingerprint density at radius 1 is 1.25 bits per heavy atom. The van der Waals surface area contributed by atoms with Crippen LogP contribution in [0.15, 0.2) is 21.1 Å². The molecule has 0 N–H and O–H groups in total. The number of carbonyl (C=O) groups is 1. The molecule has 1 amide bonds. The van der Waals surface area contributed by atoms with Crippen molar-refractivity contribution >= 4 is 5.91 Å². The fraction of sp³-hybridized carbons (Fsp3) is 0.588. The number of aryl methyl sites for hydroxylation is 1. The first-order chi connectivity index (χ1) is 11.5. The first kappa shape index (κ1) is 16.7. The van der Waals surface area contributed by atoms with Crippen molar-refractivity contribution in [2.75, 3.05) is 26.2 Å². The van der Waals surface area contributed by atoms with Gasteiger partial charge in [-0.15, -0.1) is 0 Å². The van der Waals surface area contributed by atoms with Gasteiger partial charge in [-0.25, -0.2) is 0 Å². The highest BCUT2D eigenvalue weighted by molar-refractivity contribution is 5.91. The second-order valence-electron chi connectivity index (χ2n) is 6.68. The minimum absolute atomic E-state index is 0.0419. The second-order valence-corrected chi connectivity index (χ2v) is 6.68. The predicted octanol–water partition coefficient (Wildman–Crippen LogP) is 2.13. The molecule has 130 valence electrons. The van der Waals surface area contributed by atoms with Crippen LogP contribution in [-0.4, -0.2) is 52.0 Å². The van der Waals surface area contributed by atoms with E-state index in [2.05, 4.69) is 28.9 Å². The molecule has 0 saturated carbocycles. The highest BCUT2D eigenvalue weighted by Gasteiger charge is 2.25. The van der Waals surface area contributed by atoms with E-state index in [9.17, 15) is 4.79 Å². The average Bonchev–Trinajstić information content (AvgIpc) is 3.16. The smallest absolute Gasteiger partial charge is 0.289 e. The molecule has 0 aliphatic carbocycles. The molecule has 0 atom stereocenters. The molecule has 1 fully saturated rings. The number of carbonyl (C=O) groups excluding carboxylic acids is 1. The van der Waals surface area contributed by atoms with Crippen LogP contribution in [0.25, 0.3) is 0 Å². The molecule has 1 aliphatic rings. The highest BCUT2D eigenvalue weighted by Crippen LogP contribution is 2.13. The molecule has 1 saturated heterocycles. The van der Waals surface area contributed by atoms with Gasteiger partial charge in [-0.05, 0) is 25.0 Å². The van der Waals surface area contributed by atoms with Gasteiger partial charge in [0.2, 0.25) is 5.89 Å². The Morgan fingerprint density at radius 3 is 2.62 bits per heavy atom. The molecule has 2 aromatic rings. The third kappa shape index (κ3) is 4.03. The summed E-state index contributed by atoms with van der Waals surface area (Å²) in [5, 5.41) is 4.02. The monoisotopic (exact) mass is 332 g/mol. The SMILES string of the molecule is Cc1ccc(C(=O)N2CCN(Cc3nc(CC(C)C)no3)CC2)o1. The van der Waals surface area contributed by atoms with Crippen molar-refractivity contribution in [1.29, 1.82) is 0 Å². The van der Waals surface area contributed by atoms with Crippen LogP contribution in [0.2, 0.25) is 0 Å². The van der Waals surface area contributed by atoms with E-state index in [0.29, 0.717) is 37.2 Å². The summed E-state index contributed by atoms with van der Waals surface area (Å²) >= 11 is 0. The van der Waals surface area contributed by atoms with Gasteiger partial charge in [0.1, 0.15) is 5.76 Å². The normalized spacial score (nSPS) is 16.1. The van der Waals surface area contributed by atoms with Crippen molar-refractivity contribution in [2.24, 2.45) is 5.92 Å². The van der Waals surface area contributed by atoms with Gasteiger partial charge in [-0.3, -0.25) is 9.69 Å². The van der Waals surface area contributed by atoms with E-state index in [-0.39, 0.29) is 5.91 Å². The van der Waals surface area contributed by atoms with Crippen LogP contribution in [0.3, 0.4) is 0 Å². The molecular formula is C17H24N4O3. The predicted molar refractivity (Wildman–Crippen MR) is 87.5 cm³/mol. The highest BCUT2D eigenvalue weighted by atomic mass is 16.5. The van der Waals surface area contributed by atoms with Crippen LogP contribution in [0.4, 0.5) is 0 Å². The largest absolute Gasteiger partial charge is 0.456 e. The number of amides is 1. The summed E-state index contributed by atoms with van der Waals surface area (Å²) in [4.78, 5) is 20.8. The fourth-order valence-corrected chi connectivity index (χ4v) is 2.81. The summed E-state index contributed by atoms with van der Waals surface area (Å²) in [5.41, 5.74) is 0. The molecule has 0 unspecified atom stereocenters. The third-order valence-electron chi connectivity index (χ3n) is 4.07. The van der Waals surface area contributed by atoms with Gasteiger partial charge < -0.3 is 13.8 Å². The number of rotatable bonds is 5. The zero-order valence-electron chi connectivity index (χ0n) is 14.5. The number of hydrogen-bond acceptors (Lipinski definition) is 6. The van der Waals surface area contributed by atoms with E-state index < -0.39 is 0 Å². The summed E-state index contributed by atoms with van der Waals surface area (Å²) in [6.45, 7) is 9.65. The Labute approximate surface area is 141 Å². The lowest BCUT2D eigenvalue weighted by Gasteiger charge is -2.33. The molecule has 3 rings (SSSR count). The van der Waals surface area contributed by atoms with E-state index in [1.54, 1.807) is 6.07 Å². The lowest BCUT2D eigenvalue weighted by Crippen LogP contribution is -2.48. The summed E-state index contributed by atoms with van der Waals surface area (Å²) in [6, 6.07) is 3.55. The van der Waals surface area contributed by atoms with Crippen LogP contribution in [0.1, 0.15) is 41.9 Å². The van der Waals surface area contributed by atoms with Crippen LogP contribution in [-0.2, 0) is 13.0 Å². The molecule has 0 aromatic carbocycles. The second kappa shape index (κ2) is 7.17. The number of hydrogen-bond donors (Lipinski definition) is 0. The summed E-state index contributed by atoms with van der Waals surface area (Å²) in [6.07, 6.45) is 0.828. The number of furan rings is 1. The van der Waals surface area contributed by atoms with Crippen LogP contribution < -0.4 is 0 Å².